The van der Waals surface area contributed by atoms with Crippen molar-refractivity contribution in [3.8, 4) is 0 Å². The Bertz CT molecular complexity index is 793. The van der Waals surface area contributed by atoms with Gasteiger partial charge in [-0.3, -0.25) is 0 Å². The molecule has 0 aliphatic rings. The third kappa shape index (κ3) is 2.78. The number of para-hydroxylation sites is 1. The maximum absolute atomic E-state index is 11.3. The minimum Gasteiger partial charge on any atom is -0.475 e. The van der Waals surface area contributed by atoms with Crippen LogP contribution < -0.4 is 5.32 Å². The molecule has 0 aliphatic carbocycles. The van der Waals surface area contributed by atoms with E-state index in [9.17, 15) is 9.90 Å². The molecule has 0 amide bonds. The molecule has 2 N–H and O–H groups in total. The molecule has 0 fully saturated rings. The lowest BCUT2D eigenvalue weighted by Crippen LogP contribution is -2.04. The second kappa shape index (κ2) is 5.61. The minimum atomic E-state index is -1.06. The van der Waals surface area contributed by atoms with Crippen molar-refractivity contribution in [1.82, 2.24) is 0 Å². The van der Waals surface area contributed by atoms with Crippen LogP contribution in [0.3, 0.4) is 0 Å². The Kier molecular flexibility index (Phi) is 3.66. The number of furan rings is 1. The first kappa shape index (κ1) is 13.7. The number of aromatic carboxylic acids is 1. The molecule has 0 aliphatic heterocycles. The molecule has 106 valence electrons. The molecular formula is C16H12BrNO3. The highest BCUT2D eigenvalue weighted by molar-refractivity contribution is 9.10. The summed E-state index contributed by atoms with van der Waals surface area (Å²) in [4.78, 5) is 11.3. The van der Waals surface area contributed by atoms with E-state index in [-0.39, 0.29) is 5.76 Å². The molecule has 2 aromatic carbocycles. The lowest BCUT2D eigenvalue weighted by atomic mass is 10.1. The van der Waals surface area contributed by atoms with E-state index in [1.807, 2.05) is 42.5 Å². The Morgan fingerprint density at radius 1 is 1.14 bits per heavy atom. The van der Waals surface area contributed by atoms with Gasteiger partial charge in [0.25, 0.3) is 0 Å². The van der Waals surface area contributed by atoms with Crippen LogP contribution in [0.25, 0.3) is 11.0 Å². The van der Waals surface area contributed by atoms with Crippen LogP contribution in [-0.4, -0.2) is 11.1 Å². The number of anilines is 1. The molecule has 3 aromatic rings. The van der Waals surface area contributed by atoms with E-state index in [4.69, 9.17) is 4.42 Å². The van der Waals surface area contributed by atoms with Gasteiger partial charge in [0.05, 0.1) is 0 Å². The number of hydrogen-bond acceptors (Lipinski definition) is 3. The molecule has 21 heavy (non-hydrogen) atoms. The molecule has 0 unspecified atom stereocenters. The predicted molar refractivity (Wildman–Crippen MR) is 84.6 cm³/mol. The van der Waals surface area contributed by atoms with Crippen molar-refractivity contribution in [3.05, 3.63) is 64.3 Å². The quantitative estimate of drug-likeness (QED) is 0.730. The van der Waals surface area contributed by atoms with Gasteiger partial charge in [-0.2, -0.15) is 0 Å². The first-order chi connectivity index (χ1) is 10.1. The van der Waals surface area contributed by atoms with E-state index in [1.54, 1.807) is 6.07 Å². The van der Waals surface area contributed by atoms with Crippen LogP contribution in [0.4, 0.5) is 5.69 Å². The van der Waals surface area contributed by atoms with Crippen LogP contribution >= 0.6 is 15.9 Å². The standard InChI is InChI=1S/C16H12BrNO3/c17-10-5-7-11(8-6-10)18-9-13-12-3-1-2-4-14(12)21-15(13)16(19)20/h1-8,18H,9H2,(H,19,20). The van der Waals surface area contributed by atoms with Crippen LogP contribution in [0.5, 0.6) is 0 Å². The molecule has 0 spiro atoms. The normalized spacial score (nSPS) is 10.7. The van der Waals surface area contributed by atoms with Crippen LogP contribution in [0, 0.1) is 0 Å². The Morgan fingerprint density at radius 2 is 1.86 bits per heavy atom. The van der Waals surface area contributed by atoms with Crippen LogP contribution in [0.2, 0.25) is 0 Å². The van der Waals surface area contributed by atoms with E-state index >= 15 is 0 Å². The molecule has 0 saturated carbocycles. The predicted octanol–water partition coefficient (Wildman–Crippen LogP) is 4.51. The average Bonchev–Trinajstić information content (AvgIpc) is 2.86. The van der Waals surface area contributed by atoms with E-state index in [0.717, 1.165) is 15.5 Å². The fourth-order valence-corrected chi connectivity index (χ4v) is 2.47. The van der Waals surface area contributed by atoms with Crippen LogP contribution in [0.15, 0.2) is 57.4 Å². The lowest BCUT2D eigenvalue weighted by Gasteiger charge is -2.06. The Morgan fingerprint density at radius 3 is 2.57 bits per heavy atom. The van der Waals surface area contributed by atoms with E-state index in [0.29, 0.717) is 17.7 Å². The number of carboxylic acid groups (broad SMARTS) is 1. The summed E-state index contributed by atoms with van der Waals surface area (Å²) < 4.78 is 6.41. The summed E-state index contributed by atoms with van der Waals surface area (Å²) >= 11 is 3.38. The first-order valence-corrected chi connectivity index (χ1v) is 7.17. The number of fused-ring (bicyclic) bond motifs is 1. The van der Waals surface area contributed by atoms with E-state index in [2.05, 4.69) is 21.2 Å². The van der Waals surface area contributed by atoms with Gasteiger partial charge in [0.2, 0.25) is 5.76 Å². The second-order valence-electron chi connectivity index (χ2n) is 4.57. The number of rotatable bonds is 4. The minimum absolute atomic E-state index is 0.0131. The van der Waals surface area contributed by atoms with Gasteiger partial charge in [-0.05, 0) is 30.3 Å². The molecule has 3 rings (SSSR count). The molecule has 0 radical (unpaired) electrons. The van der Waals surface area contributed by atoms with E-state index in [1.165, 1.54) is 0 Å². The van der Waals surface area contributed by atoms with E-state index < -0.39 is 5.97 Å². The number of hydrogen-bond donors (Lipinski definition) is 2. The third-order valence-electron chi connectivity index (χ3n) is 3.21. The molecule has 0 atom stereocenters. The highest BCUT2D eigenvalue weighted by Crippen LogP contribution is 2.27. The lowest BCUT2D eigenvalue weighted by molar-refractivity contribution is 0.0663. The largest absolute Gasteiger partial charge is 0.475 e. The van der Waals surface area contributed by atoms with Gasteiger partial charge in [-0.1, -0.05) is 34.1 Å². The number of halogens is 1. The van der Waals surface area contributed by atoms with Crippen LogP contribution in [0.1, 0.15) is 16.1 Å². The van der Waals surface area contributed by atoms with Gasteiger partial charge < -0.3 is 14.8 Å². The molecular weight excluding hydrogens is 334 g/mol. The maximum Gasteiger partial charge on any atom is 0.372 e. The molecule has 0 bridgehead atoms. The summed E-state index contributed by atoms with van der Waals surface area (Å²) in [6, 6.07) is 15.0. The van der Waals surface area contributed by atoms with Gasteiger partial charge in [0.15, 0.2) is 0 Å². The summed E-state index contributed by atoms with van der Waals surface area (Å²) in [6.07, 6.45) is 0. The highest BCUT2D eigenvalue weighted by Gasteiger charge is 2.19. The van der Waals surface area contributed by atoms with Gasteiger partial charge in [-0.15, -0.1) is 0 Å². The summed E-state index contributed by atoms with van der Waals surface area (Å²) in [7, 11) is 0. The summed E-state index contributed by atoms with van der Waals surface area (Å²) in [5.41, 5.74) is 2.16. The Labute approximate surface area is 129 Å². The summed E-state index contributed by atoms with van der Waals surface area (Å²) in [5.74, 6) is -1.07. The van der Waals surface area contributed by atoms with Crippen molar-refractivity contribution in [2.75, 3.05) is 5.32 Å². The van der Waals surface area contributed by atoms with Crippen molar-refractivity contribution < 1.29 is 14.3 Å². The van der Waals surface area contributed by atoms with Gasteiger partial charge in [-0.25, -0.2) is 4.79 Å². The maximum atomic E-state index is 11.3. The Balaban J connectivity index is 1.93. The topological polar surface area (TPSA) is 62.5 Å². The SMILES string of the molecule is O=C(O)c1oc2ccccc2c1CNc1ccc(Br)cc1. The van der Waals surface area contributed by atoms with Crippen molar-refractivity contribution in [3.63, 3.8) is 0 Å². The number of carbonyl (C=O) groups is 1. The molecule has 5 heteroatoms. The van der Waals surface area contributed by atoms with Crippen molar-refractivity contribution in [2.45, 2.75) is 6.54 Å². The second-order valence-corrected chi connectivity index (χ2v) is 5.49. The van der Waals surface area contributed by atoms with Gasteiger partial charge in [0.1, 0.15) is 5.58 Å². The van der Waals surface area contributed by atoms with Gasteiger partial charge in [0, 0.05) is 27.7 Å². The Hall–Kier alpha value is -2.27. The third-order valence-corrected chi connectivity index (χ3v) is 3.73. The van der Waals surface area contributed by atoms with Crippen molar-refractivity contribution in [2.24, 2.45) is 0 Å². The number of carboxylic acids is 1. The zero-order valence-electron chi connectivity index (χ0n) is 11.0. The average molecular weight is 346 g/mol. The molecule has 1 aromatic heterocycles. The number of benzene rings is 2. The number of nitrogens with one attached hydrogen (secondary N) is 1. The summed E-state index contributed by atoms with van der Waals surface area (Å²) in [6.45, 7) is 0.389. The fraction of sp³-hybridized carbons (Fsp3) is 0.0625. The highest BCUT2D eigenvalue weighted by atomic mass is 79.9. The zero-order valence-corrected chi connectivity index (χ0v) is 12.6. The first-order valence-electron chi connectivity index (χ1n) is 6.38. The van der Waals surface area contributed by atoms with Gasteiger partial charge >= 0.3 is 5.97 Å². The molecule has 4 nitrogen and oxygen atoms in total. The summed E-state index contributed by atoms with van der Waals surface area (Å²) in [5, 5.41) is 13.3. The molecule has 0 saturated heterocycles. The smallest absolute Gasteiger partial charge is 0.372 e. The molecule has 1 heterocycles. The van der Waals surface area contributed by atoms with Crippen LogP contribution in [-0.2, 0) is 6.54 Å². The van der Waals surface area contributed by atoms with Crippen molar-refractivity contribution >= 4 is 38.6 Å². The monoisotopic (exact) mass is 345 g/mol. The van der Waals surface area contributed by atoms with Crippen molar-refractivity contribution in [1.29, 1.82) is 0 Å². The fourth-order valence-electron chi connectivity index (χ4n) is 2.21. The zero-order chi connectivity index (χ0) is 14.8.